The zero-order chi connectivity index (χ0) is 5.98. The number of hydrogen-bond donors (Lipinski definition) is 2. The van der Waals surface area contributed by atoms with Crippen LogP contribution in [0.5, 0.6) is 0 Å². The number of hydrogen-bond acceptors (Lipinski definition) is 2. The summed E-state index contributed by atoms with van der Waals surface area (Å²) in [7, 11) is 0. The molecule has 0 unspecified atom stereocenters. The minimum Gasteiger partial charge on any atom is -0.328 e. The number of nitrogens with two attached hydrogens (primary N) is 2. The van der Waals surface area contributed by atoms with Gasteiger partial charge in [-0.3, -0.25) is 0 Å². The van der Waals surface area contributed by atoms with Gasteiger partial charge in [0.05, 0.1) is 0 Å². The lowest BCUT2D eigenvalue weighted by Crippen LogP contribution is -2.33. The average molecular weight is 187 g/mol. The fraction of sp³-hybridized carbons (Fsp3) is 1.00. The van der Waals surface area contributed by atoms with Crippen molar-refractivity contribution < 1.29 is 0 Å². The Kier molecular flexibility index (Phi) is 8.17. The molecule has 0 aromatic rings. The summed E-state index contributed by atoms with van der Waals surface area (Å²) in [6.07, 6.45) is 4.50. The highest BCUT2D eigenvalue weighted by Gasteiger charge is 2.13. The molecule has 1 fully saturated rings. The lowest BCUT2D eigenvalue weighted by Gasteiger charge is -2.22. The minimum absolute atomic E-state index is 0. The third kappa shape index (κ3) is 4.34. The molecule has 2 nitrogen and oxygen atoms in total. The topological polar surface area (TPSA) is 52.0 Å². The van der Waals surface area contributed by atoms with Gasteiger partial charge in [0.25, 0.3) is 0 Å². The summed E-state index contributed by atoms with van der Waals surface area (Å²) in [6.45, 7) is 0. The summed E-state index contributed by atoms with van der Waals surface area (Å²) in [5, 5.41) is 0. The molecule has 64 valence electrons. The van der Waals surface area contributed by atoms with E-state index in [1.165, 1.54) is 0 Å². The Hall–Kier alpha value is 0.500. The third-order valence-electron chi connectivity index (χ3n) is 1.82. The van der Waals surface area contributed by atoms with Crippen molar-refractivity contribution in [3.63, 3.8) is 0 Å². The van der Waals surface area contributed by atoms with Crippen LogP contribution in [0.2, 0.25) is 0 Å². The van der Waals surface area contributed by atoms with Gasteiger partial charge in [0, 0.05) is 12.1 Å². The van der Waals surface area contributed by atoms with Gasteiger partial charge >= 0.3 is 0 Å². The molecule has 0 aromatic carbocycles. The molecule has 0 radical (unpaired) electrons. The molecule has 10 heavy (non-hydrogen) atoms. The van der Waals surface area contributed by atoms with Gasteiger partial charge < -0.3 is 11.5 Å². The Labute approximate surface area is 74.5 Å². The monoisotopic (exact) mass is 186 g/mol. The van der Waals surface area contributed by atoms with Gasteiger partial charge in [0.1, 0.15) is 0 Å². The average Bonchev–Trinajstić information content (AvgIpc) is 1.77. The van der Waals surface area contributed by atoms with Crippen LogP contribution in [0.15, 0.2) is 0 Å². The molecule has 0 aromatic heterocycles. The first-order chi connectivity index (χ1) is 3.79. The Bertz CT molecular complexity index is 62.1. The van der Waals surface area contributed by atoms with Crippen LogP contribution in [0.1, 0.15) is 25.7 Å². The van der Waals surface area contributed by atoms with Gasteiger partial charge in [-0.05, 0) is 25.7 Å². The molecule has 4 N–H and O–H groups in total. The smallest absolute Gasteiger partial charge is 0.00399 e. The molecule has 0 aliphatic heterocycles. The molecule has 0 bridgehead atoms. The Balaban J connectivity index is 0. The maximum atomic E-state index is 5.64. The zero-order valence-corrected chi connectivity index (χ0v) is 7.59. The van der Waals surface area contributed by atoms with Crippen molar-refractivity contribution >= 4 is 24.8 Å². The van der Waals surface area contributed by atoms with E-state index in [0.29, 0.717) is 12.1 Å². The molecule has 1 saturated carbocycles. The summed E-state index contributed by atoms with van der Waals surface area (Å²) in [4.78, 5) is 0. The van der Waals surface area contributed by atoms with E-state index < -0.39 is 0 Å². The van der Waals surface area contributed by atoms with Gasteiger partial charge in [-0.25, -0.2) is 0 Å². The van der Waals surface area contributed by atoms with Crippen molar-refractivity contribution in [3.05, 3.63) is 0 Å². The molecule has 0 heterocycles. The highest BCUT2D eigenvalue weighted by atomic mass is 35.5. The number of rotatable bonds is 0. The number of halogens is 2. The first-order valence-electron chi connectivity index (χ1n) is 3.30. The SMILES string of the molecule is Cl.Cl.NC1CCC(N)CC1. The van der Waals surface area contributed by atoms with Gasteiger partial charge in [-0.1, -0.05) is 0 Å². The summed E-state index contributed by atoms with van der Waals surface area (Å²) >= 11 is 0. The quantitative estimate of drug-likeness (QED) is 0.595. The second-order valence-electron chi connectivity index (χ2n) is 2.67. The second-order valence-corrected chi connectivity index (χ2v) is 2.67. The predicted molar refractivity (Wildman–Crippen MR) is 48.9 cm³/mol. The predicted octanol–water partition coefficient (Wildman–Crippen LogP) is 1.06. The Morgan fingerprint density at radius 1 is 0.700 bits per heavy atom. The van der Waals surface area contributed by atoms with Crippen LogP contribution in [0.25, 0.3) is 0 Å². The molecule has 1 rings (SSSR count). The van der Waals surface area contributed by atoms with E-state index in [-0.39, 0.29) is 24.8 Å². The molecular formula is C6H16Cl2N2. The maximum Gasteiger partial charge on any atom is 0.00399 e. The van der Waals surface area contributed by atoms with Crippen molar-refractivity contribution in [1.29, 1.82) is 0 Å². The lowest BCUT2D eigenvalue weighted by molar-refractivity contribution is 0.395. The van der Waals surface area contributed by atoms with Gasteiger partial charge in [-0.15, -0.1) is 24.8 Å². The molecule has 0 amide bonds. The second kappa shape index (κ2) is 6.23. The molecule has 0 spiro atoms. The highest BCUT2D eigenvalue weighted by Crippen LogP contribution is 2.14. The molecule has 0 atom stereocenters. The van der Waals surface area contributed by atoms with Gasteiger partial charge in [-0.2, -0.15) is 0 Å². The summed E-state index contributed by atoms with van der Waals surface area (Å²) < 4.78 is 0. The molecule has 4 heteroatoms. The van der Waals surface area contributed by atoms with Crippen LogP contribution in [0, 0.1) is 0 Å². The van der Waals surface area contributed by atoms with Crippen LogP contribution >= 0.6 is 24.8 Å². The van der Waals surface area contributed by atoms with E-state index in [1.54, 1.807) is 0 Å². The van der Waals surface area contributed by atoms with E-state index in [1.807, 2.05) is 0 Å². The fourth-order valence-corrected chi connectivity index (χ4v) is 1.14. The highest BCUT2D eigenvalue weighted by molar-refractivity contribution is 5.85. The summed E-state index contributed by atoms with van der Waals surface area (Å²) in [5.74, 6) is 0. The minimum atomic E-state index is 0. The largest absolute Gasteiger partial charge is 0.328 e. The normalized spacial score (nSPS) is 31.8. The van der Waals surface area contributed by atoms with E-state index in [2.05, 4.69) is 0 Å². The molecular weight excluding hydrogens is 171 g/mol. The van der Waals surface area contributed by atoms with E-state index >= 15 is 0 Å². The van der Waals surface area contributed by atoms with E-state index in [0.717, 1.165) is 25.7 Å². The van der Waals surface area contributed by atoms with Crippen LogP contribution in [0.4, 0.5) is 0 Å². The maximum absolute atomic E-state index is 5.64. The first kappa shape index (κ1) is 13.1. The standard InChI is InChI=1S/C6H14N2.2ClH/c7-5-1-2-6(8)4-3-5;;/h5-6H,1-4,7-8H2;2*1H. The van der Waals surface area contributed by atoms with Crippen molar-refractivity contribution in [2.24, 2.45) is 11.5 Å². The summed E-state index contributed by atoms with van der Waals surface area (Å²) in [5.41, 5.74) is 11.3. The Morgan fingerprint density at radius 2 is 0.900 bits per heavy atom. The van der Waals surface area contributed by atoms with Crippen molar-refractivity contribution in [1.82, 2.24) is 0 Å². The fourth-order valence-electron chi connectivity index (χ4n) is 1.14. The van der Waals surface area contributed by atoms with Crippen molar-refractivity contribution in [3.8, 4) is 0 Å². The van der Waals surface area contributed by atoms with E-state index in [9.17, 15) is 0 Å². The third-order valence-corrected chi connectivity index (χ3v) is 1.82. The lowest BCUT2D eigenvalue weighted by atomic mass is 9.93. The molecule has 0 saturated heterocycles. The van der Waals surface area contributed by atoms with Crippen molar-refractivity contribution in [2.45, 2.75) is 37.8 Å². The van der Waals surface area contributed by atoms with Crippen LogP contribution < -0.4 is 11.5 Å². The Morgan fingerprint density at radius 3 is 1.10 bits per heavy atom. The van der Waals surface area contributed by atoms with Gasteiger partial charge in [0.15, 0.2) is 0 Å². The molecule has 1 aliphatic carbocycles. The van der Waals surface area contributed by atoms with Crippen molar-refractivity contribution in [2.75, 3.05) is 0 Å². The zero-order valence-electron chi connectivity index (χ0n) is 5.95. The van der Waals surface area contributed by atoms with Crippen LogP contribution in [-0.2, 0) is 0 Å². The van der Waals surface area contributed by atoms with E-state index in [4.69, 9.17) is 11.5 Å². The van der Waals surface area contributed by atoms with Gasteiger partial charge in [0.2, 0.25) is 0 Å². The first-order valence-corrected chi connectivity index (χ1v) is 3.30. The van der Waals surface area contributed by atoms with Crippen LogP contribution in [0.3, 0.4) is 0 Å². The molecule has 1 aliphatic rings. The van der Waals surface area contributed by atoms with Crippen LogP contribution in [-0.4, -0.2) is 12.1 Å². The summed E-state index contributed by atoms with van der Waals surface area (Å²) in [6, 6.07) is 0.879.